The first-order valence-electron chi connectivity index (χ1n) is 6.17. The number of nitrogens with two attached hydrogens (primary N) is 1. The number of hydrogen-bond donors (Lipinski definition) is 2. The number of nitrogens with zero attached hydrogens (tertiary/aromatic N) is 2. The van der Waals surface area contributed by atoms with Crippen LogP contribution in [0.15, 0.2) is 0 Å². The molecule has 0 aromatic heterocycles. The minimum absolute atomic E-state index is 0.486. The molecule has 1 unspecified atom stereocenters. The van der Waals surface area contributed by atoms with Crippen LogP contribution in [-0.4, -0.2) is 63.4 Å². The Morgan fingerprint density at radius 1 is 1.29 bits per heavy atom. The molecule has 1 fully saturated rings. The van der Waals surface area contributed by atoms with Crippen molar-refractivity contribution in [1.29, 1.82) is 0 Å². The maximum absolute atomic E-state index is 11.6. The van der Waals surface area contributed by atoms with Gasteiger partial charge in [-0.2, -0.15) is 12.7 Å². The molecule has 6 nitrogen and oxygen atoms in total. The lowest BCUT2D eigenvalue weighted by atomic mass is 10.1. The fourth-order valence-corrected chi connectivity index (χ4v) is 3.18. The van der Waals surface area contributed by atoms with E-state index < -0.39 is 10.2 Å². The second-order valence-electron chi connectivity index (χ2n) is 4.28. The number of piperazine rings is 1. The van der Waals surface area contributed by atoms with E-state index in [2.05, 4.69) is 16.5 Å². The molecule has 1 atom stereocenters. The van der Waals surface area contributed by atoms with Crippen molar-refractivity contribution < 1.29 is 8.42 Å². The summed E-state index contributed by atoms with van der Waals surface area (Å²) < 4.78 is 27.1. The van der Waals surface area contributed by atoms with Crippen LogP contribution < -0.4 is 10.5 Å². The third-order valence-electron chi connectivity index (χ3n) is 3.36. The standard InChI is InChI=1S/C10H24N4O2S/c1-3-10(4-5-11)13-6-8-14(9-7-13)17(15,16)12-2/h10,12H,3-9,11H2,1-2H3. The monoisotopic (exact) mass is 264 g/mol. The van der Waals surface area contributed by atoms with Crippen LogP contribution in [0.3, 0.4) is 0 Å². The van der Waals surface area contributed by atoms with Crippen molar-refractivity contribution in [2.45, 2.75) is 25.8 Å². The number of rotatable bonds is 6. The smallest absolute Gasteiger partial charge is 0.279 e. The van der Waals surface area contributed by atoms with Gasteiger partial charge in [0.2, 0.25) is 0 Å². The maximum Gasteiger partial charge on any atom is 0.279 e. The first-order valence-corrected chi connectivity index (χ1v) is 7.62. The Bertz CT molecular complexity index is 312. The molecule has 1 aliphatic heterocycles. The van der Waals surface area contributed by atoms with Gasteiger partial charge in [0.1, 0.15) is 0 Å². The van der Waals surface area contributed by atoms with E-state index in [0.717, 1.165) is 25.9 Å². The SMILES string of the molecule is CCC(CCN)N1CCN(S(=O)(=O)NC)CC1. The van der Waals surface area contributed by atoms with Gasteiger partial charge in [-0.05, 0) is 19.4 Å². The zero-order chi connectivity index (χ0) is 12.9. The first-order chi connectivity index (χ1) is 8.05. The van der Waals surface area contributed by atoms with Crippen molar-refractivity contribution in [3.05, 3.63) is 0 Å². The van der Waals surface area contributed by atoms with E-state index in [-0.39, 0.29) is 0 Å². The fourth-order valence-electron chi connectivity index (χ4n) is 2.28. The van der Waals surface area contributed by atoms with E-state index in [1.807, 2.05) is 0 Å². The Balaban J connectivity index is 2.50. The molecule has 0 spiro atoms. The van der Waals surface area contributed by atoms with Gasteiger partial charge in [-0.25, -0.2) is 4.72 Å². The molecule has 7 heteroatoms. The average molecular weight is 264 g/mol. The van der Waals surface area contributed by atoms with Crippen LogP contribution in [0.5, 0.6) is 0 Å². The summed E-state index contributed by atoms with van der Waals surface area (Å²) in [6.45, 7) is 5.54. The summed E-state index contributed by atoms with van der Waals surface area (Å²) in [4.78, 5) is 2.34. The molecular formula is C10H24N4O2S. The van der Waals surface area contributed by atoms with Gasteiger partial charge in [0.25, 0.3) is 10.2 Å². The van der Waals surface area contributed by atoms with Crippen LogP contribution in [0.1, 0.15) is 19.8 Å². The van der Waals surface area contributed by atoms with Gasteiger partial charge in [-0.3, -0.25) is 4.90 Å². The normalized spacial score (nSPS) is 21.6. The van der Waals surface area contributed by atoms with Crippen LogP contribution in [0.25, 0.3) is 0 Å². The van der Waals surface area contributed by atoms with Crippen LogP contribution in [0.2, 0.25) is 0 Å². The molecule has 0 aliphatic carbocycles. The first kappa shape index (κ1) is 14.8. The van der Waals surface area contributed by atoms with E-state index in [1.165, 1.54) is 11.4 Å². The van der Waals surface area contributed by atoms with E-state index in [9.17, 15) is 8.42 Å². The average Bonchev–Trinajstić information content (AvgIpc) is 2.36. The van der Waals surface area contributed by atoms with Crippen molar-refractivity contribution in [3.63, 3.8) is 0 Å². The minimum Gasteiger partial charge on any atom is -0.330 e. The van der Waals surface area contributed by atoms with Gasteiger partial charge in [0, 0.05) is 39.3 Å². The second-order valence-corrected chi connectivity index (χ2v) is 6.16. The van der Waals surface area contributed by atoms with E-state index in [0.29, 0.717) is 25.7 Å². The quantitative estimate of drug-likeness (QED) is 0.658. The lowest BCUT2D eigenvalue weighted by Gasteiger charge is -2.38. The Kier molecular flexibility index (Phi) is 5.81. The lowest BCUT2D eigenvalue weighted by molar-refractivity contribution is 0.128. The summed E-state index contributed by atoms with van der Waals surface area (Å²) in [5.41, 5.74) is 5.59. The summed E-state index contributed by atoms with van der Waals surface area (Å²) in [5.74, 6) is 0. The van der Waals surface area contributed by atoms with Gasteiger partial charge >= 0.3 is 0 Å². The molecule has 102 valence electrons. The van der Waals surface area contributed by atoms with Crippen molar-refractivity contribution in [1.82, 2.24) is 13.9 Å². The summed E-state index contributed by atoms with van der Waals surface area (Å²) in [6, 6.07) is 0.486. The molecule has 1 aliphatic rings. The molecule has 0 radical (unpaired) electrons. The van der Waals surface area contributed by atoms with Crippen molar-refractivity contribution in [2.24, 2.45) is 5.73 Å². The molecule has 1 rings (SSSR count). The molecule has 0 bridgehead atoms. The number of hydrogen-bond acceptors (Lipinski definition) is 4. The highest BCUT2D eigenvalue weighted by Crippen LogP contribution is 2.13. The molecule has 3 N–H and O–H groups in total. The van der Waals surface area contributed by atoms with E-state index in [4.69, 9.17) is 5.73 Å². The summed E-state index contributed by atoms with van der Waals surface area (Å²) in [5, 5.41) is 0. The Morgan fingerprint density at radius 3 is 2.29 bits per heavy atom. The van der Waals surface area contributed by atoms with Crippen molar-refractivity contribution in [2.75, 3.05) is 39.8 Å². The topological polar surface area (TPSA) is 78.7 Å². The molecule has 0 aromatic carbocycles. The summed E-state index contributed by atoms with van der Waals surface area (Å²) in [6.07, 6.45) is 2.05. The molecule has 0 amide bonds. The Labute approximate surface area is 104 Å². The van der Waals surface area contributed by atoms with Gasteiger partial charge in [0.15, 0.2) is 0 Å². The molecule has 0 aromatic rings. The van der Waals surface area contributed by atoms with Gasteiger partial charge in [0.05, 0.1) is 0 Å². The lowest BCUT2D eigenvalue weighted by Crippen LogP contribution is -2.54. The third-order valence-corrected chi connectivity index (χ3v) is 4.92. The van der Waals surface area contributed by atoms with Crippen molar-refractivity contribution in [3.8, 4) is 0 Å². The van der Waals surface area contributed by atoms with Gasteiger partial charge in [-0.15, -0.1) is 0 Å². The van der Waals surface area contributed by atoms with Crippen LogP contribution in [0.4, 0.5) is 0 Å². The molecule has 1 heterocycles. The molecule has 0 saturated carbocycles. The van der Waals surface area contributed by atoms with E-state index in [1.54, 1.807) is 0 Å². The molecule has 17 heavy (non-hydrogen) atoms. The Morgan fingerprint density at radius 2 is 1.88 bits per heavy atom. The summed E-state index contributed by atoms with van der Waals surface area (Å²) >= 11 is 0. The maximum atomic E-state index is 11.6. The van der Waals surface area contributed by atoms with E-state index >= 15 is 0 Å². The zero-order valence-corrected chi connectivity index (χ0v) is 11.5. The molecular weight excluding hydrogens is 240 g/mol. The fraction of sp³-hybridized carbons (Fsp3) is 1.00. The third kappa shape index (κ3) is 3.89. The predicted octanol–water partition coefficient (Wildman–Crippen LogP) is -0.804. The second kappa shape index (κ2) is 6.65. The largest absolute Gasteiger partial charge is 0.330 e. The molecule has 1 saturated heterocycles. The van der Waals surface area contributed by atoms with Crippen LogP contribution in [-0.2, 0) is 10.2 Å². The van der Waals surface area contributed by atoms with Crippen LogP contribution in [0, 0.1) is 0 Å². The van der Waals surface area contributed by atoms with Crippen LogP contribution >= 0.6 is 0 Å². The van der Waals surface area contributed by atoms with Crippen molar-refractivity contribution >= 4 is 10.2 Å². The zero-order valence-electron chi connectivity index (χ0n) is 10.7. The Hall–Kier alpha value is -0.210. The predicted molar refractivity (Wildman–Crippen MR) is 68.9 cm³/mol. The highest BCUT2D eigenvalue weighted by Gasteiger charge is 2.27. The van der Waals surface area contributed by atoms with Gasteiger partial charge in [-0.1, -0.05) is 6.92 Å². The highest BCUT2D eigenvalue weighted by molar-refractivity contribution is 7.87. The van der Waals surface area contributed by atoms with Gasteiger partial charge < -0.3 is 5.73 Å². The highest BCUT2D eigenvalue weighted by atomic mass is 32.2. The number of nitrogens with one attached hydrogen (secondary N) is 1. The minimum atomic E-state index is -3.26. The summed E-state index contributed by atoms with van der Waals surface area (Å²) in [7, 11) is -1.81.